The molecule has 102 valence electrons. The maximum atomic E-state index is 11.9. The van der Waals surface area contributed by atoms with Crippen molar-refractivity contribution in [2.75, 3.05) is 6.54 Å². The number of carboxylic acid groups (broad SMARTS) is 1. The predicted molar refractivity (Wildman–Crippen MR) is 71.4 cm³/mol. The second-order valence-corrected chi connectivity index (χ2v) is 5.50. The predicted octanol–water partition coefficient (Wildman–Crippen LogP) is 1.25. The SMILES string of the molecule is CC#CCNS(=O)(=O)c1ccc(CC)c(C(=O)O)c1. The second-order valence-electron chi connectivity index (χ2n) is 3.73. The molecule has 0 heterocycles. The van der Waals surface area contributed by atoms with Gasteiger partial charge in [0, 0.05) is 0 Å². The van der Waals surface area contributed by atoms with Crippen molar-refractivity contribution in [1.29, 1.82) is 0 Å². The van der Waals surface area contributed by atoms with E-state index in [2.05, 4.69) is 16.6 Å². The van der Waals surface area contributed by atoms with Gasteiger partial charge in [-0.15, -0.1) is 5.92 Å². The van der Waals surface area contributed by atoms with Crippen LogP contribution in [0.5, 0.6) is 0 Å². The molecule has 0 radical (unpaired) electrons. The molecule has 0 saturated heterocycles. The quantitative estimate of drug-likeness (QED) is 0.796. The van der Waals surface area contributed by atoms with Crippen molar-refractivity contribution in [3.05, 3.63) is 29.3 Å². The van der Waals surface area contributed by atoms with Crippen LogP contribution in [0.2, 0.25) is 0 Å². The number of sulfonamides is 1. The first-order valence-corrected chi connectivity index (χ1v) is 7.16. The van der Waals surface area contributed by atoms with E-state index in [1.54, 1.807) is 6.92 Å². The smallest absolute Gasteiger partial charge is 0.336 e. The molecule has 0 atom stereocenters. The standard InChI is InChI=1S/C13H15NO4S/c1-3-5-8-14-19(17,18)11-7-6-10(4-2)12(9-11)13(15)16/h6-7,9,14H,4,8H2,1-2H3,(H,15,16). The normalized spacial score (nSPS) is 10.6. The summed E-state index contributed by atoms with van der Waals surface area (Å²) >= 11 is 0. The molecule has 0 bridgehead atoms. The molecule has 0 aliphatic rings. The minimum absolute atomic E-state index is 0.00321. The zero-order valence-corrected chi connectivity index (χ0v) is 11.5. The van der Waals surface area contributed by atoms with Crippen molar-refractivity contribution in [3.63, 3.8) is 0 Å². The number of nitrogens with one attached hydrogen (secondary N) is 1. The zero-order chi connectivity index (χ0) is 14.5. The lowest BCUT2D eigenvalue weighted by molar-refractivity contribution is 0.0695. The van der Waals surface area contributed by atoms with Crippen LogP contribution in [0.3, 0.4) is 0 Å². The van der Waals surface area contributed by atoms with Crippen molar-refractivity contribution < 1.29 is 18.3 Å². The van der Waals surface area contributed by atoms with E-state index in [1.165, 1.54) is 18.2 Å². The van der Waals surface area contributed by atoms with Crippen molar-refractivity contribution in [3.8, 4) is 11.8 Å². The van der Waals surface area contributed by atoms with Crippen LogP contribution in [-0.4, -0.2) is 26.0 Å². The van der Waals surface area contributed by atoms with Crippen LogP contribution < -0.4 is 4.72 Å². The van der Waals surface area contributed by atoms with E-state index in [-0.39, 0.29) is 17.0 Å². The Hall–Kier alpha value is -1.84. The average Bonchev–Trinajstić information content (AvgIpc) is 2.38. The van der Waals surface area contributed by atoms with E-state index in [0.717, 1.165) is 0 Å². The number of hydrogen-bond acceptors (Lipinski definition) is 3. The third-order valence-electron chi connectivity index (χ3n) is 2.53. The minimum atomic E-state index is -3.73. The lowest BCUT2D eigenvalue weighted by Crippen LogP contribution is -2.24. The van der Waals surface area contributed by atoms with Gasteiger partial charge in [0.1, 0.15) is 0 Å². The van der Waals surface area contributed by atoms with E-state index >= 15 is 0 Å². The van der Waals surface area contributed by atoms with Gasteiger partial charge >= 0.3 is 5.97 Å². The molecule has 0 aliphatic heterocycles. The topological polar surface area (TPSA) is 83.5 Å². The van der Waals surface area contributed by atoms with Gasteiger partial charge in [0.15, 0.2) is 0 Å². The Balaban J connectivity index is 3.16. The number of carbonyl (C=O) groups is 1. The van der Waals surface area contributed by atoms with E-state index in [4.69, 9.17) is 5.11 Å². The van der Waals surface area contributed by atoms with Gasteiger partial charge in [0.25, 0.3) is 0 Å². The maximum absolute atomic E-state index is 11.9. The molecule has 5 nitrogen and oxygen atoms in total. The Kier molecular flexibility index (Phi) is 5.10. The van der Waals surface area contributed by atoms with E-state index in [0.29, 0.717) is 12.0 Å². The number of aryl methyl sites for hydroxylation is 1. The van der Waals surface area contributed by atoms with E-state index < -0.39 is 16.0 Å². The number of benzene rings is 1. The fourth-order valence-electron chi connectivity index (χ4n) is 1.53. The zero-order valence-electron chi connectivity index (χ0n) is 10.7. The van der Waals surface area contributed by atoms with Crippen molar-refractivity contribution >= 4 is 16.0 Å². The molecule has 1 aromatic rings. The minimum Gasteiger partial charge on any atom is -0.478 e. The van der Waals surface area contributed by atoms with E-state index in [9.17, 15) is 13.2 Å². The number of rotatable bonds is 5. The first kappa shape index (κ1) is 15.2. The highest BCUT2D eigenvalue weighted by Crippen LogP contribution is 2.16. The summed E-state index contributed by atoms with van der Waals surface area (Å²) in [5.74, 6) is 4.01. The van der Waals surface area contributed by atoms with Gasteiger partial charge in [0.2, 0.25) is 10.0 Å². The highest BCUT2D eigenvalue weighted by Gasteiger charge is 2.17. The first-order chi connectivity index (χ1) is 8.92. The summed E-state index contributed by atoms with van der Waals surface area (Å²) in [7, 11) is -3.73. The lowest BCUT2D eigenvalue weighted by atomic mass is 10.1. The van der Waals surface area contributed by atoms with E-state index in [1.807, 2.05) is 6.92 Å². The Morgan fingerprint density at radius 1 is 1.42 bits per heavy atom. The number of hydrogen-bond donors (Lipinski definition) is 2. The Morgan fingerprint density at radius 3 is 2.63 bits per heavy atom. The molecule has 1 aromatic carbocycles. The summed E-state index contributed by atoms with van der Waals surface area (Å²) in [5, 5.41) is 9.06. The molecule has 0 aliphatic carbocycles. The van der Waals surface area contributed by atoms with Gasteiger partial charge < -0.3 is 5.11 Å². The van der Waals surface area contributed by atoms with Crippen LogP contribution in [-0.2, 0) is 16.4 Å². The van der Waals surface area contributed by atoms with Crippen LogP contribution >= 0.6 is 0 Å². The first-order valence-electron chi connectivity index (χ1n) is 5.68. The van der Waals surface area contributed by atoms with Crippen molar-refractivity contribution in [2.24, 2.45) is 0 Å². The summed E-state index contributed by atoms with van der Waals surface area (Å²) in [4.78, 5) is 11.0. The Labute approximate surface area is 112 Å². The number of carboxylic acids is 1. The summed E-state index contributed by atoms with van der Waals surface area (Å²) in [6.07, 6.45) is 0.525. The van der Waals surface area contributed by atoms with Crippen molar-refractivity contribution in [1.82, 2.24) is 4.72 Å². The lowest BCUT2D eigenvalue weighted by Gasteiger charge is -2.08. The third-order valence-corrected chi connectivity index (χ3v) is 3.93. The molecule has 1 rings (SSSR count). The van der Waals surface area contributed by atoms with Crippen LogP contribution in [0.1, 0.15) is 29.8 Å². The van der Waals surface area contributed by atoms with Crippen LogP contribution in [0.15, 0.2) is 23.1 Å². The molecular weight excluding hydrogens is 266 g/mol. The van der Waals surface area contributed by atoms with Crippen LogP contribution in [0, 0.1) is 11.8 Å². The Morgan fingerprint density at radius 2 is 2.11 bits per heavy atom. The highest BCUT2D eigenvalue weighted by atomic mass is 32.2. The fourth-order valence-corrected chi connectivity index (χ4v) is 2.48. The largest absolute Gasteiger partial charge is 0.478 e. The molecule has 6 heteroatoms. The summed E-state index contributed by atoms with van der Waals surface area (Å²) < 4.78 is 26.1. The van der Waals surface area contributed by atoms with Gasteiger partial charge in [0.05, 0.1) is 17.0 Å². The molecule has 0 saturated carbocycles. The fraction of sp³-hybridized carbons (Fsp3) is 0.308. The summed E-state index contributed by atoms with van der Waals surface area (Å²) in [6, 6.07) is 4.08. The number of aromatic carboxylic acids is 1. The monoisotopic (exact) mass is 281 g/mol. The molecular formula is C13H15NO4S. The van der Waals surface area contributed by atoms with Crippen LogP contribution in [0.4, 0.5) is 0 Å². The second kappa shape index (κ2) is 6.36. The maximum Gasteiger partial charge on any atom is 0.336 e. The van der Waals surface area contributed by atoms with Gasteiger partial charge in [-0.1, -0.05) is 18.9 Å². The molecule has 2 N–H and O–H groups in total. The third kappa shape index (κ3) is 3.81. The molecule has 0 spiro atoms. The Bertz CT molecular complexity index is 638. The van der Waals surface area contributed by atoms with Crippen molar-refractivity contribution in [2.45, 2.75) is 25.2 Å². The van der Waals surface area contributed by atoms with Crippen LogP contribution in [0.25, 0.3) is 0 Å². The van der Waals surface area contributed by atoms with Gasteiger partial charge in [-0.2, -0.15) is 4.72 Å². The van der Waals surface area contributed by atoms with Gasteiger partial charge in [-0.3, -0.25) is 0 Å². The molecule has 0 aromatic heterocycles. The summed E-state index contributed by atoms with van der Waals surface area (Å²) in [6.45, 7) is 3.41. The summed E-state index contributed by atoms with van der Waals surface area (Å²) in [5.41, 5.74) is 0.603. The highest BCUT2D eigenvalue weighted by molar-refractivity contribution is 7.89. The van der Waals surface area contributed by atoms with Gasteiger partial charge in [-0.25, -0.2) is 13.2 Å². The van der Waals surface area contributed by atoms with Gasteiger partial charge in [-0.05, 0) is 31.0 Å². The molecule has 0 amide bonds. The molecule has 0 fully saturated rings. The average molecular weight is 281 g/mol. The molecule has 19 heavy (non-hydrogen) atoms. The molecule has 0 unspecified atom stereocenters.